The summed E-state index contributed by atoms with van der Waals surface area (Å²) in [7, 11) is 0. The third kappa shape index (κ3) is 7.28. The molecule has 2 aliphatic carbocycles. The number of ketones is 1. The van der Waals surface area contributed by atoms with Gasteiger partial charge >= 0.3 is 0 Å². The van der Waals surface area contributed by atoms with Gasteiger partial charge in [0.15, 0.2) is 5.78 Å². The van der Waals surface area contributed by atoms with E-state index < -0.39 is 0 Å². The Morgan fingerprint density at radius 3 is 2.36 bits per heavy atom. The molecule has 1 aromatic rings. The third-order valence-electron chi connectivity index (χ3n) is 7.66. The first-order valence-corrected chi connectivity index (χ1v) is 13.9. The summed E-state index contributed by atoms with van der Waals surface area (Å²) < 4.78 is 0. The van der Waals surface area contributed by atoms with E-state index in [1.165, 1.54) is 45.4 Å². The Balaban J connectivity index is 0.000000212. The van der Waals surface area contributed by atoms with Crippen molar-refractivity contribution in [2.24, 2.45) is 10.7 Å². The van der Waals surface area contributed by atoms with Crippen LogP contribution in [-0.4, -0.2) is 53.1 Å². The van der Waals surface area contributed by atoms with Gasteiger partial charge in [-0.1, -0.05) is 44.9 Å². The van der Waals surface area contributed by atoms with E-state index in [-0.39, 0.29) is 30.0 Å². The molecule has 2 fully saturated rings. The average Bonchev–Trinajstić information content (AvgIpc) is 3.32. The van der Waals surface area contributed by atoms with Crippen LogP contribution in [0.1, 0.15) is 101 Å². The van der Waals surface area contributed by atoms with E-state index >= 15 is 0 Å². The summed E-state index contributed by atoms with van der Waals surface area (Å²) in [4.78, 5) is 29.4. The number of nitrogens with zero attached hydrogens (tertiary/aromatic N) is 2. The zero-order chi connectivity index (χ0) is 26.1. The maximum absolute atomic E-state index is 12.4. The standard InChI is InChI=1S/C15H23N3O3.C15H22/c1-10(19)9-17-13-4-2-3-12(13)14(16)15(21)18-7-5-11(20)6-8-18;1-3-6-12(7-4-2)14-9-5-8-13-10-11-15(13)14/h11,20H,2-9,16H2,1H3;5,8-9,12H,3-4,6-7,10-11H2,1-2H3/b14-12-,17-13?;. The number of nitrogens with two attached hydrogens (primary N) is 1. The number of benzene rings is 1. The lowest BCUT2D eigenvalue weighted by atomic mass is 9.78. The van der Waals surface area contributed by atoms with Gasteiger partial charge in [0.2, 0.25) is 0 Å². The molecule has 198 valence electrons. The Hall–Kier alpha value is -2.47. The molecule has 1 aliphatic heterocycles. The number of aliphatic hydroxyl groups excluding tert-OH is 1. The molecule has 1 aromatic carbocycles. The van der Waals surface area contributed by atoms with E-state index in [1.807, 2.05) is 0 Å². The topological polar surface area (TPSA) is 96.0 Å². The molecule has 1 amide bonds. The fourth-order valence-electron chi connectivity index (χ4n) is 5.58. The predicted molar refractivity (Wildman–Crippen MR) is 146 cm³/mol. The lowest BCUT2D eigenvalue weighted by Crippen LogP contribution is -2.42. The van der Waals surface area contributed by atoms with Crippen LogP contribution < -0.4 is 5.73 Å². The Bertz CT molecular complexity index is 968. The van der Waals surface area contributed by atoms with Crippen LogP contribution in [-0.2, 0) is 22.4 Å². The predicted octanol–water partition coefficient (Wildman–Crippen LogP) is 4.87. The minimum atomic E-state index is -0.318. The second kappa shape index (κ2) is 13.7. The monoisotopic (exact) mass is 495 g/mol. The van der Waals surface area contributed by atoms with Crippen LogP contribution in [0.15, 0.2) is 34.5 Å². The number of Topliss-reactive ketones (excluding diaryl/α,β-unsaturated/α-hetero) is 1. The van der Waals surface area contributed by atoms with Gasteiger partial charge in [-0.3, -0.25) is 14.6 Å². The van der Waals surface area contributed by atoms with Crippen molar-refractivity contribution < 1.29 is 14.7 Å². The van der Waals surface area contributed by atoms with Crippen LogP contribution >= 0.6 is 0 Å². The molecule has 0 atom stereocenters. The first-order chi connectivity index (χ1) is 17.3. The van der Waals surface area contributed by atoms with Crippen molar-refractivity contribution in [1.82, 2.24) is 4.90 Å². The minimum absolute atomic E-state index is 0.00339. The van der Waals surface area contributed by atoms with Gasteiger partial charge in [0.05, 0.1) is 12.6 Å². The molecule has 6 heteroatoms. The van der Waals surface area contributed by atoms with Crippen LogP contribution in [0.5, 0.6) is 0 Å². The number of carbonyl (C=O) groups is 2. The number of aliphatic imine (C=N–C) groups is 1. The van der Waals surface area contributed by atoms with Crippen LogP contribution in [0.25, 0.3) is 0 Å². The largest absolute Gasteiger partial charge is 0.394 e. The van der Waals surface area contributed by atoms with E-state index in [4.69, 9.17) is 5.73 Å². The molecule has 1 heterocycles. The number of allylic oxidation sites excluding steroid dienone is 1. The van der Waals surface area contributed by atoms with E-state index in [2.05, 4.69) is 37.0 Å². The fraction of sp³-hybridized carbons (Fsp3) is 0.633. The quantitative estimate of drug-likeness (QED) is 0.503. The van der Waals surface area contributed by atoms with Gasteiger partial charge in [-0.15, -0.1) is 0 Å². The first kappa shape index (κ1) is 28.1. The lowest BCUT2D eigenvalue weighted by Gasteiger charge is -2.30. The fourth-order valence-corrected chi connectivity index (χ4v) is 5.58. The number of likely N-dealkylation sites (tertiary alicyclic amines) is 1. The van der Waals surface area contributed by atoms with Gasteiger partial charge in [0.1, 0.15) is 5.70 Å². The molecule has 1 saturated heterocycles. The summed E-state index contributed by atoms with van der Waals surface area (Å²) in [6.45, 7) is 7.32. The van der Waals surface area contributed by atoms with Gasteiger partial charge in [-0.05, 0) is 87.3 Å². The highest BCUT2D eigenvalue weighted by atomic mass is 16.3. The van der Waals surface area contributed by atoms with Crippen molar-refractivity contribution >= 4 is 17.4 Å². The van der Waals surface area contributed by atoms with E-state index in [0.29, 0.717) is 25.9 Å². The zero-order valence-corrected chi connectivity index (χ0v) is 22.5. The molecule has 0 bridgehead atoms. The van der Waals surface area contributed by atoms with Gasteiger partial charge in [0.25, 0.3) is 5.91 Å². The summed E-state index contributed by atoms with van der Waals surface area (Å²) in [6, 6.07) is 6.93. The summed E-state index contributed by atoms with van der Waals surface area (Å²) in [5.74, 6) is 0.660. The zero-order valence-electron chi connectivity index (χ0n) is 22.5. The molecule has 0 aromatic heterocycles. The SMILES string of the molecule is CC(=O)CN=C1CCC/C1=C(/N)C(=O)N1CCC(O)CC1.CCCC(CCC)c1cccc2c1CC2. The number of fused-ring (bicyclic) bond motifs is 1. The van der Waals surface area contributed by atoms with Crippen molar-refractivity contribution in [2.75, 3.05) is 19.6 Å². The smallest absolute Gasteiger partial charge is 0.270 e. The number of amides is 1. The molecule has 1 saturated carbocycles. The minimum Gasteiger partial charge on any atom is -0.394 e. The van der Waals surface area contributed by atoms with Gasteiger partial charge in [-0.25, -0.2) is 0 Å². The van der Waals surface area contributed by atoms with Crippen LogP contribution in [0.2, 0.25) is 0 Å². The number of hydrogen-bond donors (Lipinski definition) is 2. The van der Waals surface area contributed by atoms with Crippen molar-refractivity contribution in [3.63, 3.8) is 0 Å². The third-order valence-corrected chi connectivity index (χ3v) is 7.66. The Morgan fingerprint density at radius 1 is 1.08 bits per heavy atom. The van der Waals surface area contributed by atoms with Crippen LogP contribution in [0, 0.1) is 0 Å². The molecule has 0 unspecified atom stereocenters. The van der Waals surface area contributed by atoms with Gasteiger partial charge < -0.3 is 15.7 Å². The lowest BCUT2D eigenvalue weighted by molar-refractivity contribution is -0.129. The highest BCUT2D eigenvalue weighted by Gasteiger charge is 2.27. The van der Waals surface area contributed by atoms with Crippen molar-refractivity contribution in [3.05, 3.63) is 46.2 Å². The summed E-state index contributed by atoms with van der Waals surface area (Å²) in [5, 5.41) is 9.49. The van der Waals surface area contributed by atoms with Crippen molar-refractivity contribution in [3.8, 4) is 0 Å². The summed E-state index contributed by atoms with van der Waals surface area (Å²) in [5.41, 5.74) is 12.9. The molecule has 6 nitrogen and oxygen atoms in total. The maximum Gasteiger partial charge on any atom is 0.270 e. The number of aliphatic hydroxyl groups is 1. The Kier molecular flexibility index (Phi) is 10.7. The average molecular weight is 496 g/mol. The Morgan fingerprint density at radius 2 is 1.78 bits per heavy atom. The number of aryl methyl sites for hydroxylation is 1. The van der Waals surface area contributed by atoms with E-state index in [9.17, 15) is 14.7 Å². The number of rotatable bonds is 8. The van der Waals surface area contributed by atoms with Gasteiger partial charge in [-0.2, -0.15) is 0 Å². The van der Waals surface area contributed by atoms with Crippen LogP contribution in [0.3, 0.4) is 0 Å². The molecule has 36 heavy (non-hydrogen) atoms. The van der Waals surface area contributed by atoms with Crippen molar-refractivity contribution in [2.45, 2.75) is 103 Å². The van der Waals surface area contributed by atoms with Gasteiger partial charge in [0, 0.05) is 24.4 Å². The molecule has 3 aliphatic rings. The molecule has 4 rings (SSSR count). The normalized spacial score (nSPS) is 20.0. The number of hydrogen-bond acceptors (Lipinski definition) is 5. The second-order valence-corrected chi connectivity index (χ2v) is 10.5. The Labute approximate surface area is 217 Å². The molecule has 0 spiro atoms. The van der Waals surface area contributed by atoms with E-state index in [0.717, 1.165) is 36.5 Å². The summed E-state index contributed by atoms with van der Waals surface area (Å²) in [6.07, 6.45) is 11.3. The molecule has 3 N–H and O–H groups in total. The van der Waals surface area contributed by atoms with Crippen molar-refractivity contribution in [1.29, 1.82) is 0 Å². The highest BCUT2D eigenvalue weighted by molar-refractivity contribution is 6.09. The number of piperidine rings is 1. The van der Waals surface area contributed by atoms with Crippen LogP contribution in [0.4, 0.5) is 0 Å². The molecule has 0 radical (unpaired) electrons. The second-order valence-electron chi connectivity index (χ2n) is 10.5. The van der Waals surface area contributed by atoms with E-state index in [1.54, 1.807) is 21.6 Å². The molecular weight excluding hydrogens is 450 g/mol. The summed E-state index contributed by atoms with van der Waals surface area (Å²) >= 11 is 0. The maximum atomic E-state index is 12.4. The molecular formula is C30H45N3O3. The highest BCUT2D eigenvalue weighted by Crippen LogP contribution is 2.35. The number of carbonyl (C=O) groups excluding carboxylic acids is 2. The first-order valence-electron chi connectivity index (χ1n) is 13.9.